The largest absolute Gasteiger partial charge is 0.370 e. The minimum atomic E-state index is -0.225. The van der Waals surface area contributed by atoms with E-state index in [1.54, 1.807) is 12.1 Å². The van der Waals surface area contributed by atoms with Crippen molar-refractivity contribution in [3.8, 4) is 0 Å². The molecule has 20 heavy (non-hydrogen) atoms. The molecule has 0 aromatic heterocycles. The number of nitrogens with one attached hydrogen (secondary N) is 1. The van der Waals surface area contributed by atoms with Crippen LogP contribution in [0.2, 0.25) is 0 Å². The highest BCUT2D eigenvalue weighted by Gasteiger charge is 2.12. The van der Waals surface area contributed by atoms with Gasteiger partial charge in [-0.05, 0) is 30.5 Å². The molecule has 0 aliphatic heterocycles. The topological polar surface area (TPSA) is 50.4 Å². The van der Waals surface area contributed by atoms with Crippen LogP contribution in [0.3, 0.4) is 0 Å². The number of hydrogen-bond donors (Lipinski definition) is 2. The summed E-state index contributed by atoms with van der Waals surface area (Å²) in [7, 11) is 0. The molecule has 3 N–H and O–H groups in total. The molecule has 1 saturated carbocycles. The molecule has 0 unspecified atom stereocenters. The van der Waals surface area contributed by atoms with Crippen LogP contribution >= 0.6 is 24.0 Å². The van der Waals surface area contributed by atoms with E-state index in [-0.39, 0.29) is 29.8 Å². The van der Waals surface area contributed by atoms with E-state index >= 15 is 0 Å². The molecule has 0 saturated heterocycles. The smallest absolute Gasteiger partial charge is 0.189 e. The van der Waals surface area contributed by atoms with Crippen molar-refractivity contribution in [3.63, 3.8) is 0 Å². The fourth-order valence-corrected chi connectivity index (χ4v) is 2.44. The third-order valence-corrected chi connectivity index (χ3v) is 3.55. The Morgan fingerprint density at radius 3 is 2.35 bits per heavy atom. The Kier molecular flexibility index (Phi) is 7.87. The van der Waals surface area contributed by atoms with E-state index in [2.05, 4.69) is 10.3 Å². The lowest BCUT2D eigenvalue weighted by atomic mass is 10.1. The Labute approximate surface area is 137 Å². The first-order valence-electron chi connectivity index (χ1n) is 7.05. The molecule has 0 spiro atoms. The highest BCUT2D eigenvalue weighted by atomic mass is 127. The summed E-state index contributed by atoms with van der Waals surface area (Å²) in [4.78, 5) is 4.31. The summed E-state index contributed by atoms with van der Waals surface area (Å²) in [5, 5.41) is 3.29. The van der Waals surface area contributed by atoms with Gasteiger partial charge in [-0.1, -0.05) is 37.8 Å². The van der Waals surface area contributed by atoms with Crippen LogP contribution in [0.1, 0.15) is 44.1 Å². The maximum absolute atomic E-state index is 12.8. The van der Waals surface area contributed by atoms with Gasteiger partial charge in [0.2, 0.25) is 0 Å². The summed E-state index contributed by atoms with van der Waals surface area (Å²) in [6.45, 7) is 0.492. The van der Waals surface area contributed by atoms with Gasteiger partial charge in [-0.15, -0.1) is 24.0 Å². The van der Waals surface area contributed by atoms with Crippen LogP contribution in [0.4, 0.5) is 4.39 Å². The van der Waals surface area contributed by atoms with E-state index in [1.807, 2.05) is 0 Å². The Morgan fingerprint density at radius 2 is 1.75 bits per heavy atom. The Bertz CT molecular complexity index is 412. The predicted molar refractivity (Wildman–Crippen MR) is 91.8 cm³/mol. The van der Waals surface area contributed by atoms with Gasteiger partial charge >= 0.3 is 0 Å². The number of benzene rings is 1. The van der Waals surface area contributed by atoms with Crippen molar-refractivity contribution in [1.82, 2.24) is 5.32 Å². The molecule has 1 aliphatic rings. The second-order valence-electron chi connectivity index (χ2n) is 5.16. The predicted octanol–water partition coefficient (Wildman–Crippen LogP) is 3.57. The third-order valence-electron chi connectivity index (χ3n) is 3.55. The average Bonchev–Trinajstić information content (AvgIpc) is 2.67. The second-order valence-corrected chi connectivity index (χ2v) is 5.16. The van der Waals surface area contributed by atoms with Gasteiger partial charge < -0.3 is 11.1 Å². The van der Waals surface area contributed by atoms with Crippen LogP contribution in [0.15, 0.2) is 29.3 Å². The molecule has 1 aromatic rings. The minimum absolute atomic E-state index is 0. The van der Waals surface area contributed by atoms with E-state index in [0.29, 0.717) is 18.5 Å². The summed E-state index contributed by atoms with van der Waals surface area (Å²) >= 11 is 0. The SMILES string of the molecule is I.NC(=NCc1ccc(F)cc1)NC1CCCCCC1. The molecule has 0 atom stereocenters. The molecular formula is C15H23FIN3. The number of halogens is 2. The fraction of sp³-hybridized carbons (Fsp3) is 0.533. The molecule has 0 heterocycles. The van der Waals surface area contributed by atoms with Crippen molar-refractivity contribution in [2.24, 2.45) is 10.7 Å². The molecule has 3 nitrogen and oxygen atoms in total. The minimum Gasteiger partial charge on any atom is -0.370 e. The molecule has 1 fully saturated rings. The van der Waals surface area contributed by atoms with Crippen LogP contribution in [0.25, 0.3) is 0 Å². The first-order chi connectivity index (χ1) is 9.24. The van der Waals surface area contributed by atoms with Gasteiger partial charge in [-0.25, -0.2) is 9.38 Å². The van der Waals surface area contributed by atoms with Crippen LogP contribution in [-0.4, -0.2) is 12.0 Å². The zero-order chi connectivity index (χ0) is 13.5. The Morgan fingerprint density at radius 1 is 1.15 bits per heavy atom. The van der Waals surface area contributed by atoms with Crippen molar-refractivity contribution in [1.29, 1.82) is 0 Å². The number of nitrogens with two attached hydrogens (primary N) is 1. The van der Waals surface area contributed by atoms with E-state index in [9.17, 15) is 4.39 Å². The summed E-state index contributed by atoms with van der Waals surface area (Å²) in [5.74, 6) is 0.272. The van der Waals surface area contributed by atoms with E-state index in [0.717, 1.165) is 5.56 Å². The summed E-state index contributed by atoms with van der Waals surface area (Å²) in [5.41, 5.74) is 6.86. The molecular weight excluding hydrogens is 368 g/mol. The molecule has 0 radical (unpaired) electrons. The van der Waals surface area contributed by atoms with Crippen LogP contribution in [0, 0.1) is 5.82 Å². The van der Waals surface area contributed by atoms with Crippen LogP contribution < -0.4 is 11.1 Å². The Balaban J connectivity index is 0.00000200. The maximum Gasteiger partial charge on any atom is 0.189 e. The van der Waals surface area contributed by atoms with Crippen molar-refractivity contribution in [3.05, 3.63) is 35.6 Å². The lowest BCUT2D eigenvalue weighted by molar-refractivity contribution is 0.530. The van der Waals surface area contributed by atoms with Gasteiger partial charge in [0.05, 0.1) is 6.54 Å². The Hall–Kier alpha value is -0.850. The fourth-order valence-electron chi connectivity index (χ4n) is 2.44. The number of rotatable bonds is 3. The standard InChI is InChI=1S/C15H22FN3.HI/c16-13-9-7-12(8-10-13)11-18-15(17)19-14-5-3-1-2-4-6-14;/h7-10,14H,1-6,11H2,(H3,17,18,19);1H. The zero-order valence-electron chi connectivity index (χ0n) is 11.6. The number of aliphatic imine (C=N–C) groups is 1. The van der Waals surface area contributed by atoms with Crippen molar-refractivity contribution >= 4 is 29.9 Å². The van der Waals surface area contributed by atoms with Gasteiger partial charge in [-0.3, -0.25) is 0 Å². The summed E-state index contributed by atoms with van der Waals surface area (Å²) < 4.78 is 12.8. The van der Waals surface area contributed by atoms with Crippen molar-refractivity contribution in [2.75, 3.05) is 0 Å². The third kappa shape index (κ3) is 6.07. The number of guanidine groups is 1. The second kappa shape index (κ2) is 9.15. The molecule has 1 aromatic carbocycles. The molecule has 0 bridgehead atoms. The first-order valence-corrected chi connectivity index (χ1v) is 7.05. The van der Waals surface area contributed by atoms with Crippen LogP contribution in [-0.2, 0) is 6.54 Å². The normalized spacial score (nSPS) is 17.1. The average molecular weight is 391 g/mol. The van der Waals surface area contributed by atoms with Crippen molar-refractivity contribution in [2.45, 2.75) is 51.1 Å². The quantitative estimate of drug-likeness (QED) is 0.358. The highest BCUT2D eigenvalue weighted by molar-refractivity contribution is 14.0. The van der Waals surface area contributed by atoms with E-state index in [4.69, 9.17) is 5.73 Å². The van der Waals surface area contributed by atoms with Gasteiger partial charge in [0.1, 0.15) is 5.82 Å². The van der Waals surface area contributed by atoms with E-state index < -0.39 is 0 Å². The number of nitrogens with zero attached hydrogens (tertiary/aromatic N) is 1. The van der Waals surface area contributed by atoms with Crippen LogP contribution in [0.5, 0.6) is 0 Å². The molecule has 1 aliphatic carbocycles. The first kappa shape index (κ1) is 17.2. The molecule has 112 valence electrons. The van der Waals surface area contributed by atoms with Crippen molar-refractivity contribution < 1.29 is 4.39 Å². The van der Waals surface area contributed by atoms with Gasteiger partial charge in [0.15, 0.2) is 5.96 Å². The summed E-state index contributed by atoms with van der Waals surface area (Å²) in [6.07, 6.45) is 7.53. The molecule has 5 heteroatoms. The summed E-state index contributed by atoms with van der Waals surface area (Å²) in [6, 6.07) is 6.81. The maximum atomic E-state index is 12.8. The lowest BCUT2D eigenvalue weighted by Crippen LogP contribution is -2.39. The van der Waals surface area contributed by atoms with Gasteiger partial charge in [0, 0.05) is 6.04 Å². The van der Waals surface area contributed by atoms with Gasteiger partial charge in [-0.2, -0.15) is 0 Å². The van der Waals surface area contributed by atoms with E-state index in [1.165, 1.54) is 50.7 Å². The monoisotopic (exact) mass is 391 g/mol. The molecule has 2 rings (SSSR count). The zero-order valence-corrected chi connectivity index (χ0v) is 14.0. The highest BCUT2D eigenvalue weighted by Crippen LogP contribution is 2.16. The van der Waals surface area contributed by atoms with Gasteiger partial charge in [0.25, 0.3) is 0 Å². The molecule has 0 amide bonds. The number of hydrogen-bond acceptors (Lipinski definition) is 1. The lowest BCUT2D eigenvalue weighted by Gasteiger charge is -2.16.